The monoisotopic (exact) mass is 423 g/mol. The Labute approximate surface area is 168 Å². The maximum absolute atomic E-state index is 12.0. The largest absolute Gasteiger partial charge is 0.444 e. The zero-order valence-corrected chi connectivity index (χ0v) is 16.7. The van der Waals surface area contributed by atoms with Gasteiger partial charge in [0, 0.05) is 6.04 Å². The van der Waals surface area contributed by atoms with Crippen LogP contribution >= 0.6 is 0 Å². The summed E-state index contributed by atoms with van der Waals surface area (Å²) in [5.74, 6) is 0. The number of aliphatic hydroxyl groups is 5. The van der Waals surface area contributed by atoms with E-state index in [4.69, 9.17) is 25.7 Å². The molecule has 2 fully saturated rings. The van der Waals surface area contributed by atoms with Crippen LogP contribution in [0.4, 0.5) is 4.79 Å². The smallest absolute Gasteiger partial charge is 0.407 e. The van der Waals surface area contributed by atoms with Crippen molar-refractivity contribution in [3.8, 4) is 0 Å². The summed E-state index contributed by atoms with van der Waals surface area (Å²) in [4.78, 5) is 12.0. The van der Waals surface area contributed by atoms with E-state index >= 15 is 0 Å². The first-order chi connectivity index (χ1) is 13.4. The van der Waals surface area contributed by atoms with Gasteiger partial charge in [0.25, 0.3) is 0 Å². The number of nitrogens with one attached hydrogen (secondary N) is 1. The van der Waals surface area contributed by atoms with Gasteiger partial charge < -0.3 is 56.5 Å². The molecule has 12 nitrogen and oxygen atoms in total. The average molecular weight is 423 g/mol. The number of aliphatic hydroxyl groups excluding tert-OH is 5. The van der Waals surface area contributed by atoms with Crippen molar-refractivity contribution in [2.45, 2.75) is 93.8 Å². The lowest BCUT2D eigenvalue weighted by atomic mass is 9.84. The second kappa shape index (κ2) is 9.37. The van der Waals surface area contributed by atoms with Crippen molar-refractivity contribution in [2.24, 2.45) is 11.5 Å². The fraction of sp³-hybridized carbons (Fsp3) is 0.941. The van der Waals surface area contributed by atoms with Crippen LogP contribution in [0.3, 0.4) is 0 Å². The van der Waals surface area contributed by atoms with Crippen LogP contribution in [0, 0.1) is 0 Å². The van der Waals surface area contributed by atoms with Gasteiger partial charge in [-0.2, -0.15) is 0 Å². The molecule has 0 aromatic heterocycles. The number of amides is 1. The number of hydrogen-bond donors (Lipinski definition) is 8. The molecule has 0 aromatic carbocycles. The van der Waals surface area contributed by atoms with Crippen molar-refractivity contribution in [2.75, 3.05) is 6.61 Å². The van der Waals surface area contributed by atoms with Gasteiger partial charge in [-0.1, -0.05) is 0 Å². The zero-order valence-electron chi connectivity index (χ0n) is 16.7. The van der Waals surface area contributed by atoms with Gasteiger partial charge in [0.2, 0.25) is 0 Å². The minimum atomic E-state index is -1.51. The Morgan fingerprint density at radius 1 is 1.10 bits per heavy atom. The first-order valence-corrected chi connectivity index (χ1v) is 9.50. The van der Waals surface area contributed by atoms with E-state index in [1.54, 1.807) is 20.8 Å². The van der Waals surface area contributed by atoms with Crippen molar-refractivity contribution in [1.82, 2.24) is 5.32 Å². The van der Waals surface area contributed by atoms with Gasteiger partial charge in [-0.25, -0.2) is 4.79 Å². The van der Waals surface area contributed by atoms with Gasteiger partial charge in [0.1, 0.15) is 42.2 Å². The molecule has 1 saturated heterocycles. The molecule has 1 aliphatic heterocycles. The van der Waals surface area contributed by atoms with E-state index < -0.39 is 79.3 Å². The highest BCUT2D eigenvalue weighted by atomic mass is 16.7. The molecule has 10 N–H and O–H groups in total. The fourth-order valence-corrected chi connectivity index (χ4v) is 3.42. The van der Waals surface area contributed by atoms with E-state index in [0.717, 1.165) is 0 Å². The summed E-state index contributed by atoms with van der Waals surface area (Å²) in [6.45, 7) is 4.47. The summed E-state index contributed by atoms with van der Waals surface area (Å²) in [5.41, 5.74) is 11.2. The Hall–Kier alpha value is -1.09. The van der Waals surface area contributed by atoms with Crippen LogP contribution in [0.2, 0.25) is 0 Å². The summed E-state index contributed by atoms with van der Waals surface area (Å²) in [6, 6.07) is -2.89. The minimum Gasteiger partial charge on any atom is -0.444 e. The third kappa shape index (κ3) is 5.75. The molecule has 29 heavy (non-hydrogen) atoms. The van der Waals surface area contributed by atoms with Gasteiger partial charge in [-0.3, -0.25) is 0 Å². The molecular formula is C17H33N3O9. The Kier molecular flexibility index (Phi) is 7.81. The third-order valence-electron chi connectivity index (χ3n) is 4.97. The van der Waals surface area contributed by atoms with Crippen LogP contribution in [0.15, 0.2) is 0 Å². The summed E-state index contributed by atoms with van der Waals surface area (Å²) in [7, 11) is 0. The molecule has 12 heteroatoms. The number of alkyl carbamates (subject to hydrolysis) is 1. The molecule has 1 aliphatic carbocycles. The summed E-state index contributed by atoms with van der Waals surface area (Å²) in [6.07, 6.45) is -10.1. The van der Waals surface area contributed by atoms with Crippen molar-refractivity contribution in [1.29, 1.82) is 0 Å². The maximum Gasteiger partial charge on any atom is 0.407 e. The fourth-order valence-electron chi connectivity index (χ4n) is 3.42. The van der Waals surface area contributed by atoms with E-state index in [1.165, 1.54) is 0 Å². The van der Waals surface area contributed by atoms with Crippen LogP contribution < -0.4 is 16.8 Å². The van der Waals surface area contributed by atoms with Crippen LogP contribution in [0.1, 0.15) is 27.2 Å². The highest BCUT2D eigenvalue weighted by Crippen LogP contribution is 2.28. The predicted octanol–water partition coefficient (Wildman–Crippen LogP) is -3.52. The van der Waals surface area contributed by atoms with Crippen LogP contribution in [0.5, 0.6) is 0 Å². The molecule has 1 saturated carbocycles. The quantitative estimate of drug-likeness (QED) is 0.222. The SMILES string of the molecule is CC(C)(C)OC(=O)N[C@@H]1C[C@H](N)[C@@H](O[C@H]2O[C@H](CO)[C@@H](O)[C@H](O)[C@H]2N)[C@H](O)[C@H]1O. The van der Waals surface area contributed by atoms with E-state index in [9.17, 15) is 30.3 Å². The van der Waals surface area contributed by atoms with Crippen molar-refractivity contribution in [3.63, 3.8) is 0 Å². The highest BCUT2D eigenvalue weighted by Gasteiger charge is 2.49. The number of rotatable bonds is 4. The van der Waals surface area contributed by atoms with Crippen molar-refractivity contribution >= 4 is 6.09 Å². The lowest BCUT2D eigenvalue weighted by Gasteiger charge is -2.46. The molecule has 0 radical (unpaired) electrons. The molecule has 0 spiro atoms. The van der Waals surface area contributed by atoms with Crippen LogP contribution in [-0.4, -0.2) is 105 Å². The molecule has 1 heterocycles. The molecule has 2 aliphatic rings. The van der Waals surface area contributed by atoms with Gasteiger partial charge in [-0.05, 0) is 27.2 Å². The molecule has 2 rings (SSSR count). The molecule has 0 unspecified atom stereocenters. The number of carbonyl (C=O) groups is 1. The van der Waals surface area contributed by atoms with Crippen LogP contribution in [0.25, 0.3) is 0 Å². The van der Waals surface area contributed by atoms with Gasteiger partial charge in [-0.15, -0.1) is 0 Å². The lowest BCUT2D eigenvalue weighted by Crippen LogP contribution is -2.67. The van der Waals surface area contributed by atoms with Gasteiger partial charge in [0.05, 0.1) is 18.7 Å². The predicted molar refractivity (Wildman–Crippen MR) is 98.4 cm³/mol. The topological polar surface area (TPSA) is 210 Å². The second-order valence-corrected chi connectivity index (χ2v) is 8.52. The summed E-state index contributed by atoms with van der Waals surface area (Å²) in [5, 5.41) is 52.5. The molecule has 10 atom stereocenters. The minimum absolute atomic E-state index is 0.0543. The second-order valence-electron chi connectivity index (χ2n) is 8.52. The van der Waals surface area contributed by atoms with E-state index in [2.05, 4.69) is 5.32 Å². The Morgan fingerprint density at radius 3 is 2.28 bits per heavy atom. The molecular weight excluding hydrogens is 390 g/mol. The number of carbonyl (C=O) groups excluding carboxylic acids is 1. The lowest BCUT2D eigenvalue weighted by molar-refractivity contribution is -0.294. The number of nitrogens with two attached hydrogens (primary N) is 2. The molecule has 0 aromatic rings. The van der Waals surface area contributed by atoms with Gasteiger partial charge in [0.15, 0.2) is 6.29 Å². The molecule has 1 amide bonds. The van der Waals surface area contributed by atoms with E-state index in [0.29, 0.717) is 0 Å². The first kappa shape index (κ1) is 24.2. The molecule has 170 valence electrons. The first-order valence-electron chi connectivity index (χ1n) is 9.50. The highest BCUT2D eigenvalue weighted by molar-refractivity contribution is 5.68. The summed E-state index contributed by atoms with van der Waals surface area (Å²) >= 11 is 0. The standard InChI is InChI=1S/C17H33N3O9/c1-17(2,3)29-16(26)20-7-4-6(18)14(13(25)10(7)22)28-15-9(19)12(24)11(23)8(5-21)27-15/h6-15,21-25H,4-5,18-19H2,1-3H3,(H,20,26)/t6-,7+,8+,9+,10-,11+,12+,13+,14+,15+/m0/s1. The third-order valence-corrected chi connectivity index (χ3v) is 4.97. The maximum atomic E-state index is 12.0. The van der Waals surface area contributed by atoms with E-state index in [1.807, 2.05) is 0 Å². The van der Waals surface area contributed by atoms with Crippen molar-refractivity contribution < 1.29 is 44.5 Å². The number of hydrogen-bond acceptors (Lipinski definition) is 11. The summed E-state index contributed by atoms with van der Waals surface area (Å²) < 4.78 is 16.1. The Bertz CT molecular complexity index is 559. The van der Waals surface area contributed by atoms with E-state index in [-0.39, 0.29) is 6.42 Å². The Morgan fingerprint density at radius 2 is 1.72 bits per heavy atom. The molecule has 0 bridgehead atoms. The Balaban J connectivity index is 2.02. The van der Waals surface area contributed by atoms with Gasteiger partial charge >= 0.3 is 6.09 Å². The zero-order chi connectivity index (χ0) is 22.1. The normalized spacial score (nSPS) is 43.7. The van der Waals surface area contributed by atoms with Crippen LogP contribution in [-0.2, 0) is 14.2 Å². The number of ether oxygens (including phenoxy) is 3. The van der Waals surface area contributed by atoms with Crippen molar-refractivity contribution in [3.05, 3.63) is 0 Å². The average Bonchev–Trinajstić information content (AvgIpc) is 2.61.